The Hall–Kier alpha value is -2.54. The van der Waals surface area contributed by atoms with Crippen LogP contribution in [0.25, 0.3) is 0 Å². The van der Waals surface area contributed by atoms with Crippen LogP contribution < -0.4 is 14.9 Å². The molecular formula is C20H23N3O3S. The van der Waals surface area contributed by atoms with Gasteiger partial charge in [0.05, 0.1) is 10.6 Å². The quantitative estimate of drug-likeness (QED) is 0.845. The Labute approximate surface area is 159 Å². The zero-order valence-corrected chi connectivity index (χ0v) is 15.8. The molecule has 1 aliphatic carbocycles. The predicted molar refractivity (Wildman–Crippen MR) is 106 cm³/mol. The van der Waals surface area contributed by atoms with Gasteiger partial charge in [-0.15, -0.1) is 0 Å². The lowest BCUT2D eigenvalue weighted by Gasteiger charge is -2.20. The number of anilines is 2. The van der Waals surface area contributed by atoms with Gasteiger partial charge in [-0.05, 0) is 55.2 Å². The van der Waals surface area contributed by atoms with Crippen LogP contribution in [-0.2, 0) is 16.4 Å². The zero-order chi connectivity index (χ0) is 18.9. The van der Waals surface area contributed by atoms with E-state index < -0.39 is 10.0 Å². The summed E-state index contributed by atoms with van der Waals surface area (Å²) in [6.07, 6.45) is 5.01. The van der Waals surface area contributed by atoms with Crippen molar-refractivity contribution >= 4 is 27.4 Å². The van der Waals surface area contributed by atoms with Crippen LogP contribution in [0.2, 0.25) is 0 Å². The van der Waals surface area contributed by atoms with E-state index in [0.29, 0.717) is 24.3 Å². The van der Waals surface area contributed by atoms with Crippen LogP contribution in [-0.4, -0.2) is 27.0 Å². The number of amides is 2. The molecule has 2 amide bonds. The van der Waals surface area contributed by atoms with E-state index in [0.717, 1.165) is 31.2 Å². The molecule has 0 unspecified atom stereocenters. The Kier molecular flexibility index (Phi) is 4.78. The Morgan fingerprint density at radius 1 is 1.04 bits per heavy atom. The van der Waals surface area contributed by atoms with Crippen molar-refractivity contribution in [3.8, 4) is 0 Å². The Bertz CT molecular complexity index is 938. The van der Waals surface area contributed by atoms with E-state index in [4.69, 9.17) is 0 Å². The summed E-state index contributed by atoms with van der Waals surface area (Å²) in [5, 5.41) is 5.86. The number of nitrogens with zero attached hydrogens (tertiary/aromatic N) is 1. The summed E-state index contributed by atoms with van der Waals surface area (Å²) in [5.41, 5.74) is 2.29. The van der Waals surface area contributed by atoms with Crippen LogP contribution in [0.4, 0.5) is 16.2 Å². The van der Waals surface area contributed by atoms with Gasteiger partial charge in [0.15, 0.2) is 0 Å². The molecule has 1 heterocycles. The summed E-state index contributed by atoms with van der Waals surface area (Å²) in [4.78, 5) is 12.4. The first-order chi connectivity index (χ1) is 13.0. The number of urea groups is 1. The van der Waals surface area contributed by atoms with Gasteiger partial charge in [0.1, 0.15) is 0 Å². The zero-order valence-electron chi connectivity index (χ0n) is 15.0. The molecule has 7 heteroatoms. The normalized spacial score (nSPS) is 17.0. The Balaban J connectivity index is 1.50. The number of benzene rings is 2. The van der Waals surface area contributed by atoms with Crippen LogP contribution >= 0.6 is 0 Å². The molecule has 27 heavy (non-hydrogen) atoms. The number of rotatable bonds is 4. The van der Waals surface area contributed by atoms with Gasteiger partial charge in [0.2, 0.25) is 0 Å². The lowest BCUT2D eigenvalue weighted by atomic mass is 10.1. The second kappa shape index (κ2) is 7.23. The number of hydrogen-bond donors (Lipinski definition) is 2. The lowest BCUT2D eigenvalue weighted by molar-refractivity contribution is 0.248. The first kappa shape index (κ1) is 17.9. The van der Waals surface area contributed by atoms with E-state index in [1.807, 2.05) is 6.07 Å². The van der Waals surface area contributed by atoms with Crippen LogP contribution in [0.5, 0.6) is 0 Å². The third kappa shape index (κ3) is 3.64. The molecule has 0 bridgehead atoms. The van der Waals surface area contributed by atoms with E-state index in [1.165, 1.54) is 4.31 Å². The fourth-order valence-corrected chi connectivity index (χ4v) is 5.37. The molecule has 1 aliphatic heterocycles. The number of hydrogen-bond acceptors (Lipinski definition) is 3. The van der Waals surface area contributed by atoms with Gasteiger partial charge in [-0.2, -0.15) is 0 Å². The molecule has 0 saturated heterocycles. The second-order valence-electron chi connectivity index (χ2n) is 7.06. The van der Waals surface area contributed by atoms with Gasteiger partial charge in [-0.3, -0.25) is 4.31 Å². The van der Waals surface area contributed by atoms with Crippen LogP contribution in [0, 0.1) is 0 Å². The molecule has 1 saturated carbocycles. The second-order valence-corrected chi connectivity index (χ2v) is 8.93. The average Bonchev–Trinajstić information content (AvgIpc) is 3.32. The van der Waals surface area contributed by atoms with Crippen molar-refractivity contribution in [2.24, 2.45) is 0 Å². The number of nitrogens with one attached hydrogen (secondary N) is 2. The average molecular weight is 385 g/mol. The van der Waals surface area contributed by atoms with Crippen LogP contribution in [0.3, 0.4) is 0 Å². The molecule has 2 N–H and O–H groups in total. The fourth-order valence-electron chi connectivity index (χ4n) is 3.84. The van der Waals surface area contributed by atoms with Crippen LogP contribution in [0.1, 0.15) is 31.2 Å². The standard InChI is InChI=1S/C20H23N3O3S/c24-20(21-16-6-4-5-7-16)22-17-10-11-19-15(14-17)12-13-23(19)27(25,26)18-8-2-1-3-9-18/h1-3,8-11,14,16H,4-7,12-13H2,(H2,21,22,24). The molecule has 6 nitrogen and oxygen atoms in total. The summed E-state index contributed by atoms with van der Waals surface area (Å²) in [5.74, 6) is 0. The van der Waals surface area contributed by atoms with Crippen LogP contribution in [0.15, 0.2) is 53.4 Å². The lowest BCUT2D eigenvalue weighted by Crippen LogP contribution is -2.36. The van der Waals surface area contributed by atoms with Crippen molar-refractivity contribution in [1.29, 1.82) is 0 Å². The van der Waals surface area contributed by atoms with Gasteiger partial charge in [-0.1, -0.05) is 31.0 Å². The maximum Gasteiger partial charge on any atom is 0.319 e. The van der Waals surface area contributed by atoms with Crippen molar-refractivity contribution in [3.63, 3.8) is 0 Å². The Morgan fingerprint density at radius 2 is 1.78 bits per heavy atom. The summed E-state index contributed by atoms with van der Waals surface area (Å²) >= 11 is 0. The molecule has 0 aromatic heterocycles. The molecule has 4 rings (SSSR count). The fraction of sp³-hybridized carbons (Fsp3) is 0.350. The highest BCUT2D eigenvalue weighted by Gasteiger charge is 2.31. The molecular weight excluding hydrogens is 362 g/mol. The van der Waals surface area contributed by atoms with Gasteiger partial charge < -0.3 is 10.6 Å². The number of carbonyl (C=O) groups is 1. The third-order valence-electron chi connectivity index (χ3n) is 5.21. The van der Waals surface area contributed by atoms with E-state index in [2.05, 4.69) is 10.6 Å². The highest BCUT2D eigenvalue weighted by Crippen LogP contribution is 2.34. The molecule has 2 aliphatic rings. The number of carbonyl (C=O) groups excluding carboxylic acids is 1. The molecule has 0 spiro atoms. The van der Waals surface area contributed by atoms with E-state index >= 15 is 0 Å². The minimum Gasteiger partial charge on any atom is -0.335 e. The van der Waals surface area contributed by atoms with Crippen molar-refractivity contribution < 1.29 is 13.2 Å². The molecule has 0 radical (unpaired) electrons. The number of fused-ring (bicyclic) bond motifs is 1. The summed E-state index contributed by atoms with van der Waals surface area (Å²) in [6, 6.07) is 13.9. The molecule has 2 aromatic carbocycles. The molecule has 1 fully saturated rings. The topological polar surface area (TPSA) is 78.5 Å². The minimum absolute atomic E-state index is 0.200. The summed E-state index contributed by atoms with van der Waals surface area (Å²) in [7, 11) is -3.57. The number of sulfonamides is 1. The van der Waals surface area contributed by atoms with Crippen molar-refractivity contribution in [1.82, 2.24) is 5.32 Å². The highest BCUT2D eigenvalue weighted by molar-refractivity contribution is 7.92. The van der Waals surface area contributed by atoms with Gasteiger partial charge >= 0.3 is 6.03 Å². The third-order valence-corrected chi connectivity index (χ3v) is 7.04. The van der Waals surface area contributed by atoms with Gasteiger partial charge in [0.25, 0.3) is 10.0 Å². The molecule has 142 valence electrons. The van der Waals surface area contributed by atoms with E-state index in [9.17, 15) is 13.2 Å². The van der Waals surface area contributed by atoms with E-state index in [1.54, 1.807) is 42.5 Å². The summed E-state index contributed by atoms with van der Waals surface area (Å²) in [6.45, 7) is 0.407. The predicted octanol–water partition coefficient (Wildman–Crippen LogP) is 3.50. The van der Waals surface area contributed by atoms with Gasteiger partial charge in [0, 0.05) is 18.3 Å². The van der Waals surface area contributed by atoms with Gasteiger partial charge in [-0.25, -0.2) is 13.2 Å². The maximum atomic E-state index is 12.9. The maximum absolute atomic E-state index is 12.9. The smallest absolute Gasteiger partial charge is 0.319 e. The molecule has 2 aromatic rings. The van der Waals surface area contributed by atoms with Crippen molar-refractivity contribution in [2.75, 3.05) is 16.2 Å². The monoisotopic (exact) mass is 385 g/mol. The largest absolute Gasteiger partial charge is 0.335 e. The molecule has 0 atom stereocenters. The Morgan fingerprint density at radius 3 is 2.52 bits per heavy atom. The van der Waals surface area contributed by atoms with Crippen molar-refractivity contribution in [3.05, 3.63) is 54.1 Å². The minimum atomic E-state index is -3.57. The summed E-state index contributed by atoms with van der Waals surface area (Å²) < 4.78 is 27.2. The highest BCUT2D eigenvalue weighted by atomic mass is 32.2. The first-order valence-electron chi connectivity index (χ1n) is 9.32. The SMILES string of the molecule is O=C(Nc1ccc2c(c1)CCN2S(=O)(=O)c1ccccc1)NC1CCCC1. The van der Waals surface area contributed by atoms with Crippen molar-refractivity contribution in [2.45, 2.75) is 43.0 Å². The van der Waals surface area contributed by atoms with E-state index in [-0.39, 0.29) is 17.0 Å². The first-order valence-corrected chi connectivity index (χ1v) is 10.8.